The summed E-state index contributed by atoms with van der Waals surface area (Å²) in [6.07, 6.45) is 5.43. The van der Waals surface area contributed by atoms with Gasteiger partial charge in [0, 0.05) is 12.2 Å². The zero-order chi connectivity index (χ0) is 13.2. The van der Waals surface area contributed by atoms with E-state index >= 15 is 0 Å². The van der Waals surface area contributed by atoms with Crippen LogP contribution in [0.15, 0.2) is 18.2 Å². The summed E-state index contributed by atoms with van der Waals surface area (Å²) in [5.41, 5.74) is 8.50. The molecule has 19 heavy (non-hydrogen) atoms. The van der Waals surface area contributed by atoms with Gasteiger partial charge in [-0.15, -0.1) is 0 Å². The van der Waals surface area contributed by atoms with Crippen molar-refractivity contribution in [3.8, 4) is 0 Å². The third kappa shape index (κ3) is 2.83. The Morgan fingerprint density at radius 3 is 3.16 bits per heavy atom. The number of nitrogen functional groups attached to an aromatic ring is 1. The van der Waals surface area contributed by atoms with E-state index in [2.05, 4.69) is 22.2 Å². The molecule has 1 aromatic carbocycles. The quantitative estimate of drug-likeness (QED) is 0.739. The van der Waals surface area contributed by atoms with Crippen LogP contribution in [-0.4, -0.2) is 16.5 Å². The molecule has 2 unspecified atom stereocenters. The molecule has 2 atom stereocenters. The van der Waals surface area contributed by atoms with Crippen molar-refractivity contribution >= 4 is 22.7 Å². The molecule has 1 aromatic heterocycles. The van der Waals surface area contributed by atoms with Crippen LogP contribution < -0.4 is 11.1 Å². The average Bonchev–Trinajstić information content (AvgIpc) is 2.78. The minimum absolute atomic E-state index is 0.767. The second-order valence-corrected chi connectivity index (χ2v) is 5.88. The van der Waals surface area contributed by atoms with Gasteiger partial charge in [-0.05, 0) is 42.9 Å². The highest BCUT2D eigenvalue weighted by Gasteiger charge is 2.18. The predicted octanol–water partition coefficient (Wildman–Crippen LogP) is 3.38. The van der Waals surface area contributed by atoms with Crippen molar-refractivity contribution in [1.29, 1.82) is 0 Å². The lowest BCUT2D eigenvalue weighted by atomic mass is 9.82. The van der Waals surface area contributed by atoms with Gasteiger partial charge in [-0.3, -0.25) is 0 Å². The van der Waals surface area contributed by atoms with Gasteiger partial charge in [0.05, 0.1) is 11.0 Å². The van der Waals surface area contributed by atoms with Crippen LogP contribution in [0.1, 0.15) is 32.6 Å². The number of aromatic nitrogens is 2. The number of hydrogen-bond acceptors (Lipinski definition) is 3. The van der Waals surface area contributed by atoms with Crippen LogP contribution in [0.5, 0.6) is 0 Å². The molecule has 2 aromatic rings. The van der Waals surface area contributed by atoms with E-state index in [0.29, 0.717) is 0 Å². The van der Waals surface area contributed by atoms with E-state index in [4.69, 9.17) is 5.73 Å². The van der Waals surface area contributed by atoms with Gasteiger partial charge in [0.15, 0.2) is 0 Å². The monoisotopic (exact) mass is 258 g/mol. The minimum atomic E-state index is 0.767. The van der Waals surface area contributed by atoms with Gasteiger partial charge in [-0.2, -0.15) is 0 Å². The first kappa shape index (κ1) is 12.3. The fourth-order valence-electron chi connectivity index (χ4n) is 3.10. The summed E-state index contributed by atoms with van der Waals surface area (Å²) < 4.78 is 0. The van der Waals surface area contributed by atoms with E-state index in [-0.39, 0.29) is 0 Å². The SMILES string of the molecule is CC1CCCC(CNc2nc3ccc(N)cc3[nH]2)C1. The van der Waals surface area contributed by atoms with Gasteiger partial charge < -0.3 is 16.0 Å². The number of anilines is 2. The summed E-state index contributed by atoms with van der Waals surface area (Å²) in [5.74, 6) is 2.51. The normalized spacial score (nSPS) is 23.6. The van der Waals surface area contributed by atoms with Gasteiger partial charge in [-0.1, -0.05) is 19.8 Å². The molecule has 4 N–H and O–H groups in total. The zero-order valence-corrected chi connectivity index (χ0v) is 11.4. The summed E-state index contributed by atoms with van der Waals surface area (Å²) >= 11 is 0. The first-order chi connectivity index (χ1) is 9.20. The molecule has 0 radical (unpaired) electrons. The Balaban J connectivity index is 1.65. The summed E-state index contributed by atoms with van der Waals surface area (Å²) in [5, 5.41) is 3.44. The number of nitrogens with zero attached hydrogens (tertiary/aromatic N) is 1. The highest BCUT2D eigenvalue weighted by molar-refractivity contribution is 5.80. The summed E-state index contributed by atoms with van der Waals surface area (Å²) in [6, 6.07) is 5.76. The number of hydrogen-bond donors (Lipinski definition) is 3. The fraction of sp³-hybridized carbons (Fsp3) is 0.533. The minimum Gasteiger partial charge on any atom is -0.399 e. The van der Waals surface area contributed by atoms with Crippen LogP contribution >= 0.6 is 0 Å². The average molecular weight is 258 g/mol. The summed E-state index contributed by atoms with van der Waals surface area (Å²) in [7, 11) is 0. The van der Waals surface area contributed by atoms with Gasteiger partial charge in [0.2, 0.25) is 5.95 Å². The molecular formula is C15H22N4. The highest BCUT2D eigenvalue weighted by atomic mass is 15.1. The first-order valence-electron chi connectivity index (χ1n) is 7.20. The van der Waals surface area contributed by atoms with Crippen LogP contribution in [0.4, 0.5) is 11.6 Å². The number of nitrogens with one attached hydrogen (secondary N) is 2. The fourth-order valence-corrected chi connectivity index (χ4v) is 3.10. The van der Waals surface area contributed by atoms with Gasteiger partial charge in [0.1, 0.15) is 0 Å². The Morgan fingerprint density at radius 2 is 2.32 bits per heavy atom. The first-order valence-corrected chi connectivity index (χ1v) is 7.20. The molecule has 102 valence electrons. The molecule has 0 amide bonds. The molecule has 1 saturated carbocycles. The molecular weight excluding hydrogens is 236 g/mol. The Kier molecular flexibility index (Phi) is 3.32. The van der Waals surface area contributed by atoms with E-state index in [1.54, 1.807) is 0 Å². The third-order valence-corrected chi connectivity index (χ3v) is 4.11. The van der Waals surface area contributed by atoms with Gasteiger partial charge >= 0.3 is 0 Å². The molecule has 0 bridgehead atoms. The van der Waals surface area contributed by atoms with Crippen molar-refractivity contribution in [1.82, 2.24) is 9.97 Å². The largest absolute Gasteiger partial charge is 0.399 e. The van der Waals surface area contributed by atoms with Crippen molar-refractivity contribution in [2.45, 2.75) is 32.6 Å². The smallest absolute Gasteiger partial charge is 0.201 e. The van der Waals surface area contributed by atoms with E-state index in [9.17, 15) is 0 Å². The van der Waals surface area contributed by atoms with Crippen molar-refractivity contribution in [3.63, 3.8) is 0 Å². The van der Waals surface area contributed by atoms with Crippen LogP contribution in [0.3, 0.4) is 0 Å². The number of fused-ring (bicyclic) bond motifs is 1. The van der Waals surface area contributed by atoms with Crippen LogP contribution in [0.2, 0.25) is 0 Å². The molecule has 0 saturated heterocycles. The van der Waals surface area contributed by atoms with E-state index < -0.39 is 0 Å². The van der Waals surface area contributed by atoms with E-state index in [1.807, 2.05) is 18.2 Å². The van der Waals surface area contributed by atoms with Gasteiger partial charge in [-0.25, -0.2) is 4.98 Å². The number of imidazole rings is 1. The molecule has 1 fully saturated rings. The van der Waals surface area contributed by atoms with E-state index in [1.165, 1.54) is 25.7 Å². The Hall–Kier alpha value is -1.71. The van der Waals surface area contributed by atoms with Crippen molar-refractivity contribution in [3.05, 3.63) is 18.2 Å². The Labute approximate surface area is 113 Å². The molecule has 4 heteroatoms. The topological polar surface area (TPSA) is 66.7 Å². The van der Waals surface area contributed by atoms with Crippen molar-refractivity contribution in [2.24, 2.45) is 11.8 Å². The number of nitrogens with two attached hydrogens (primary N) is 1. The van der Waals surface area contributed by atoms with Crippen LogP contribution in [-0.2, 0) is 0 Å². The van der Waals surface area contributed by atoms with E-state index in [0.717, 1.165) is 41.0 Å². The number of H-pyrrole nitrogens is 1. The Bertz CT molecular complexity index is 560. The summed E-state index contributed by atoms with van der Waals surface area (Å²) in [6.45, 7) is 3.37. The second kappa shape index (κ2) is 5.11. The number of aromatic amines is 1. The maximum Gasteiger partial charge on any atom is 0.201 e. The standard InChI is InChI=1S/C15H22N4/c1-10-3-2-4-11(7-10)9-17-15-18-13-6-5-12(16)8-14(13)19-15/h5-6,8,10-11H,2-4,7,9,16H2,1H3,(H2,17,18,19). The predicted molar refractivity (Wildman–Crippen MR) is 80.1 cm³/mol. The number of benzene rings is 1. The lowest BCUT2D eigenvalue weighted by molar-refractivity contribution is 0.293. The molecule has 3 rings (SSSR count). The maximum atomic E-state index is 5.77. The molecule has 0 spiro atoms. The molecule has 0 aliphatic heterocycles. The molecule has 1 heterocycles. The lowest BCUT2D eigenvalue weighted by Gasteiger charge is -2.26. The van der Waals surface area contributed by atoms with Crippen LogP contribution in [0, 0.1) is 11.8 Å². The van der Waals surface area contributed by atoms with Crippen molar-refractivity contribution < 1.29 is 0 Å². The number of rotatable bonds is 3. The lowest BCUT2D eigenvalue weighted by Crippen LogP contribution is -2.21. The van der Waals surface area contributed by atoms with Crippen LogP contribution in [0.25, 0.3) is 11.0 Å². The zero-order valence-electron chi connectivity index (χ0n) is 11.4. The maximum absolute atomic E-state index is 5.77. The third-order valence-electron chi connectivity index (χ3n) is 4.11. The molecule has 1 aliphatic carbocycles. The second-order valence-electron chi connectivity index (χ2n) is 5.88. The summed E-state index contributed by atoms with van der Waals surface area (Å²) in [4.78, 5) is 7.82. The van der Waals surface area contributed by atoms with Crippen molar-refractivity contribution in [2.75, 3.05) is 17.6 Å². The molecule has 1 aliphatic rings. The van der Waals surface area contributed by atoms with Gasteiger partial charge in [0.25, 0.3) is 0 Å². The molecule has 4 nitrogen and oxygen atoms in total. The Morgan fingerprint density at radius 1 is 1.42 bits per heavy atom. The highest BCUT2D eigenvalue weighted by Crippen LogP contribution is 2.28.